The van der Waals surface area contributed by atoms with Crippen LogP contribution in [0.2, 0.25) is 0 Å². The van der Waals surface area contributed by atoms with E-state index >= 15 is 0 Å². The van der Waals surface area contributed by atoms with E-state index in [9.17, 15) is 4.79 Å². The van der Waals surface area contributed by atoms with Crippen LogP contribution in [0.1, 0.15) is 30.9 Å². The Morgan fingerprint density at radius 1 is 1.06 bits per heavy atom. The number of anilines is 2. The van der Waals surface area contributed by atoms with E-state index < -0.39 is 0 Å². The number of aromatic nitrogens is 3. The number of carbonyl (C=O) groups excluding carboxylic acids is 1. The molecule has 1 aliphatic heterocycles. The number of aryl methyl sites for hydroxylation is 1. The van der Waals surface area contributed by atoms with Gasteiger partial charge in [-0.15, -0.1) is 0 Å². The highest BCUT2D eigenvalue weighted by atomic mass is 16.4. The van der Waals surface area contributed by atoms with Crippen molar-refractivity contribution in [3.63, 3.8) is 0 Å². The lowest BCUT2D eigenvalue weighted by atomic mass is 9.96. The van der Waals surface area contributed by atoms with Crippen molar-refractivity contribution in [2.45, 2.75) is 32.7 Å². The number of fused-ring (bicyclic) bond motifs is 1. The smallest absolute Gasteiger partial charge is 0.298 e. The molecule has 3 heterocycles. The van der Waals surface area contributed by atoms with Crippen molar-refractivity contribution in [3.8, 4) is 0 Å². The molecule has 0 saturated carbocycles. The maximum atomic E-state index is 12.9. The molecular formula is C25H27N5O2. The van der Waals surface area contributed by atoms with E-state index in [4.69, 9.17) is 4.42 Å². The van der Waals surface area contributed by atoms with Crippen LogP contribution in [0, 0.1) is 5.92 Å². The topological polar surface area (TPSA) is 76.2 Å². The molecule has 7 nitrogen and oxygen atoms in total. The molecule has 0 atom stereocenters. The minimum Gasteiger partial charge on any atom is -0.423 e. The van der Waals surface area contributed by atoms with Crippen LogP contribution in [0.25, 0.3) is 11.1 Å². The number of nitrogens with zero attached hydrogens (tertiary/aromatic N) is 4. The lowest BCUT2D eigenvalue weighted by Gasteiger charge is -2.30. The van der Waals surface area contributed by atoms with Gasteiger partial charge in [-0.3, -0.25) is 4.79 Å². The molecule has 0 spiro atoms. The fourth-order valence-corrected chi connectivity index (χ4v) is 4.17. The Morgan fingerprint density at radius 2 is 1.81 bits per heavy atom. The maximum Gasteiger partial charge on any atom is 0.298 e. The second kappa shape index (κ2) is 8.86. The molecule has 0 bridgehead atoms. The standard InChI is InChI=1S/C25H27N5O2/c1-2-18-7-9-19(10-8-18)17-30-23(11-14-26-30)28-24(31)20-12-15-29(16-13-20)25-27-21-5-3-4-6-22(21)32-25/h3-11,14,20H,2,12-13,15-17H2,1H3,(H,28,31). The quantitative estimate of drug-likeness (QED) is 0.489. The highest BCUT2D eigenvalue weighted by Gasteiger charge is 2.27. The van der Waals surface area contributed by atoms with Crippen LogP contribution < -0.4 is 10.2 Å². The number of carbonyl (C=O) groups is 1. The number of benzene rings is 2. The van der Waals surface area contributed by atoms with Crippen molar-refractivity contribution >= 4 is 28.8 Å². The van der Waals surface area contributed by atoms with Gasteiger partial charge < -0.3 is 14.6 Å². The zero-order valence-electron chi connectivity index (χ0n) is 18.2. The van der Waals surface area contributed by atoms with Gasteiger partial charge in [-0.05, 0) is 42.5 Å². The molecule has 4 aromatic rings. The molecule has 1 saturated heterocycles. The van der Waals surface area contributed by atoms with E-state index in [0.717, 1.165) is 54.8 Å². The predicted molar refractivity (Wildman–Crippen MR) is 125 cm³/mol. The summed E-state index contributed by atoms with van der Waals surface area (Å²) < 4.78 is 7.72. The molecule has 1 aliphatic rings. The molecule has 0 radical (unpaired) electrons. The lowest BCUT2D eigenvalue weighted by Crippen LogP contribution is -2.38. The third kappa shape index (κ3) is 4.23. The van der Waals surface area contributed by atoms with Crippen LogP contribution >= 0.6 is 0 Å². The number of rotatable bonds is 6. The molecule has 1 N–H and O–H groups in total. The Hall–Kier alpha value is -3.61. The van der Waals surface area contributed by atoms with Gasteiger partial charge >= 0.3 is 0 Å². The zero-order chi connectivity index (χ0) is 21.9. The van der Waals surface area contributed by atoms with Crippen LogP contribution in [0.4, 0.5) is 11.8 Å². The zero-order valence-corrected chi connectivity index (χ0v) is 18.2. The number of piperidine rings is 1. The molecule has 1 fully saturated rings. The van der Waals surface area contributed by atoms with Gasteiger partial charge in [0, 0.05) is 25.1 Å². The molecule has 7 heteroatoms. The van der Waals surface area contributed by atoms with Gasteiger partial charge in [0.05, 0.1) is 12.7 Å². The van der Waals surface area contributed by atoms with Crippen molar-refractivity contribution in [1.29, 1.82) is 0 Å². The fraction of sp³-hybridized carbons (Fsp3) is 0.320. The lowest BCUT2D eigenvalue weighted by molar-refractivity contribution is -0.120. The van der Waals surface area contributed by atoms with Crippen LogP contribution in [0.5, 0.6) is 0 Å². The van der Waals surface area contributed by atoms with Gasteiger partial charge in [-0.2, -0.15) is 10.1 Å². The summed E-state index contributed by atoms with van der Waals surface area (Å²) in [6.45, 7) is 4.26. The largest absolute Gasteiger partial charge is 0.423 e. The van der Waals surface area contributed by atoms with Crippen molar-refractivity contribution in [1.82, 2.24) is 14.8 Å². The summed E-state index contributed by atoms with van der Waals surface area (Å²) in [5.41, 5.74) is 4.12. The number of oxazole rings is 1. The average Bonchev–Trinajstić information content (AvgIpc) is 3.46. The molecular weight excluding hydrogens is 402 g/mol. The summed E-state index contributed by atoms with van der Waals surface area (Å²) in [5, 5.41) is 7.48. The summed E-state index contributed by atoms with van der Waals surface area (Å²) in [6, 6.07) is 18.8. The van der Waals surface area contributed by atoms with Gasteiger partial charge in [0.15, 0.2) is 5.58 Å². The van der Waals surface area contributed by atoms with Crippen molar-refractivity contribution in [2.24, 2.45) is 5.92 Å². The van der Waals surface area contributed by atoms with Crippen LogP contribution in [0.3, 0.4) is 0 Å². The molecule has 5 rings (SSSR count). The first kappa shape index (κ1) is 20.3. The number of hydrogen-bond donors (Lipinski definition) is 1. The van der Waals surface area contributed by atoms with E-state index in [1.807, 2.05) is 35.0 Å². The van der Waals surface area contributed by atoms with E-state index in [1.54, 1.807) is 6.20 Å². The molecule has 1 amide bonds. The molecule has 32 heavy (non-hydrogen) atoms. The number of para-hydroxylation sites is 2. The van der Waals surface area contributed by atoms with E-state index in [-0.39, 0.29) is 11.8 Å². The number of hydrogen-bond acceptors (Lipinski definition) is 5. The van der Waals surface area contributed by atoms with Gasteiger partial charge in [0.1, 0.15) is 11.3 Å². The molecule has 2 aromatic heterocycles. The van der Waals surface area contributed by atoms with E-state index in [0.29, 0.717) is 12.6 Å². The number of amides is 1. The van der Waals surface area contributed by atoms with E-state index in [1.165, 1.54) is 5.56 Å². The van der Waals surface area contributed by atoms with Crippen molar-refractivity contribution in [2.75, 3.05) is 23.3 Å². The Bertz CT molecular complexity index is 1170. The summed E-state index contributed by atoms with van der Waals surface area (Å²) in [5.74, 6) is 0.740. The van der Waals surface area contributed by atoms with Crippen molar-refractivity contribution < 1.29 is 9.21 Å². The third-order valence-corrected chi connectivity index (χ3v) is 6.15. The second-order valence-corrected chi connectivity index (χ2v) is 8.26. The summed E-state index contributed by atoms with van der Waals surface area (Å²) >= 11 is 0. The van der Waals surface area contributed by atoms with Crippen LogP contribution in [0.15, 0.2) is 65.2 Å². The van der Waals surface area contributed by atoms with Crippen molar-refractivity contribution in [3.05, 3.63) is 71.9 Å². The Labute approximate surface area is 187 Å². The van der Waals surface area contributed by atoms with Gasteiger partial charge in [0.25, 0.3) is 6.01 Å². The third-order valence-electron chi connectivity index (χ3n) is 6.15. The monoisotopic (exact) mass is 429 g/mol. The molecule has 0 aliphatic carbocycles. The second-order valence-electron chi connectivity index (χ2n) is 8.26. The van der Waals surface area contributed by atoms with Gasteiger partial charge in [-0.1, -0.05) is 43.3 Å². The maximum absolute atomic E-state index is 12.9. The fourth-order valence-electron chi connectivity index (χ4n) is 4.17. The minimum absolute atomic E-state index is 0.0391. The molecule has 0 unspecified atom stereocenters. The average molecular weight is 430 g/mol. The van der Waals surface area contributed by atoms with Crippen LogP contribution in [-0.2, 0) is 17.8 Å². The van der Waals surface area contributed by atoms with Crippen LogP contribution in [-0.4, -0.2) is 33.8 Å². The highest BCUT2D eigenvalue weighted by molar-refractivity contribution is 5.92. The Balaban J connectivity index is 1.19. The Morgan fingerprint density at radius 3 is 2.56 bits per heavy atom. The molecule has 2 aromatic carbocycles. The SMILES string of the molecule is CCc1ccc(Cn2nccc2NC(=O)C2CCN(c3nc4ccccc4o3)CC2)cc1. The predicted octanol–water partition coefficient (Wildman–Crippen LogP) is 4.49. The van der Waals surface area contributed by atoms with E-state index in [2.05, 4.69) is 51.5 Å². The molecule has 164 valence electrons. The first-order chi connectivity index (χ1) is 15.7. The normalized spacial score (nSPS) is 14.7. The summed E-state index contributed by atoms with van der Waals surface area (Å²) in [4.78, 5) is 19.6. The first-order valence-corrected chi connectivity index (χ1v) is 11.2. The highest BCUT2D eigenvalue weighted by Crippen LogP contribution is 2.27. The Kier molecular flexibility index (Phi) is 5.62. The van der Waals surface area contributed by atoms with Gasteiger partial charge in [0.2, 0.25) is 5.91 Å². The number of nitrogens with one attached hydrogen (secondary N) is 1. The minimum atomic E-state index is -0.0391. The first-order valence-electron chi connectivity index (χ1n) is 11.2. The summed E-state index contributed by atoms with van der Waals surface area (Å²) in [6.07, 6.45) is 4.27. The van der Waals surface area contributed by atoms with Gasteiger partial charge in [-0.25, -0.2) is 4.68 Å². The summed E-state index contributed by atoms with van der Waals surface area (Å²) in [7, 11) is 0.